The number of hydrogen-bond donors (Lipinski definition) is 2. The Balaban J connectivity index is 0.00000245. The Morgan fingerprint density at radius 3 is 3.00 bits per heavy atom. The lowest BCUT2D eigenvalue weighted by atomic mass is 10.1. The van der Waals surface area contributed by atoms with Gasteiger partial charge in [-0.1, -0.05) is 18.2 Å². The van der Waals surface area contributed by atoms with Gasteiger partial charge in [-0.2, -0.15) is 27.5 Å². The number of furan rings is 1. The Bertz CT molecular complexity index is 1150. The molecular formula is C21H26N6O3S2. The average molecular weight is 475 g/mol. The van der Waals surface area contributed by atoms with Crippen molar-refractivity contribution >= 4 is 48.2 Å². The molecule has 170 valence electrons. The summed E-state index contributed by atoms with van der Waals surface area (Å²) in [7, 11) is 1.69. The van der Waals surface area contributed by atoms with Crippen LogP contribution in [0.1, 0.15) is 19.3 Å². The summed E-state index contributed by atoms with van der Waals surface area (Å²) in [5.41, 5.74) is 2.38. The van der Waals surface area contributed by atoms with Gasteiger partial charge in [-0.25, -0.2) is 9.87 Å². The topological polar surface area (TPSA) is 103 Å². The summed E-state index contributed by atoms with van der Waals surface area (Å²) in [6.45, 7) is 0.544. The maximum absolute atomic E-state index is 5.97. The van der Waals surface area contributed by atoms with Crippen LogP contribution in [0, 0.1) is 5.92 Å². The van der Waals surface area contributed by atoms with E-state index in [2.05, 4.69) is 10.3 Å². The molecule has 0 spiro atoms. The van der Waals surface area contributed by atoms with Crippen LogP contribution in [0.2, 0.25) is 0 Å². The first-order chi connectivity index (χ1) is 15.2. The van der Waals surface area contributed by atoms with Crippen LogP contribution < -0.4 is 11.2 Å². The lowest BCUT2D eigenvalue weighted by molar-refractivity contribution is -0.203. The van der Waals surface area contributed by atoms with Crippen LogP contribution in [0.3, 0.4) is 0 Å². The van der Waals surface area contributed by atoms with Gasteiger partial charge in [0.2, 0.25) is 0 Å². The van der Waals surface area contributed by atoms with Crippen molar-refractivity contribution in [3.05, 3.63) is 48.7 Å². The van der Waals surface area contributed by atoms with E-state index in [0.717, 1.165) is 65.4 Å². The SMILES string of the molecule is CN(N)SOOCC1CCC(Nc2ccnc3cc(-c4cc5ccccc5o4)nn23)C1.S. The van der Waals surface area contributed by atoms with Crippen LogP contribution in [-0.4, -0.2) is 38.7 Å². The molecule has 1 aliphatic carbocycles. The summed E-state index contributed by atoms with van der Waals surface area (Å²) in [5, 5.41) is 9.42. The lowest BCUT2D eigenvalue weighted by Gasteiger charge is -2.15. The van der Waals surface area contributed by atoms with E-state index >= 15 is 0 Å². The number of benzene rings is 1. The highest BCUT2D eigenvalue weighted by Crippen LogP contribution is 2.30. The zero-order valence-electron chi connectivity index (χ0n) is 17.6. The third kappa shape index (κ3) is 5.03. The van der Waals surface area contributed by atoms with E-state index in [-0.39, 0.29) is 13.5 Å². The maximum Gasteiger partial charge on any atom is 0.158 e. The molecule has 2 unspecified atom stereocenters. The summed E-state index contributed by atoms with van der Waals surface area (Å²) < 4.78 is 14.2. The molecule has 3 N–H and O–H groups in total. The highest BCUT2D eigenvalue weighted by Gasteiger charge is 2.26. The third-order valence-corrected chi connectivity index (χ3v) is 5.82. The molecule has 4 aromatic rings. The summed E-state index contributed by atoms with van der Waals surface area (Å²) in [4.78, 5) is 9.71. The predicted molar refractivity (Wildman–Crippen MR) is 130 cm³/mol. The molecule has 2 atom stereocenters. The number of hydrazine groups is 1. The number of nitrogens with zero attached hydrogens (tertiary/aromatic N) is 4. The van der Waals surface area contributed by atoms with Gasteiger partial charge >= 0.3 is 0 Å². The van der Waals surface area contributed by atoms with Gasteiger partial charge in [-0.3, -0.25) is 5.84 Å². The predicted octanol–water partition coefficient (Wildman–Crippen LogP) is 4.15. The van der Waals surface area contributed by atoms with Crippen molar-refractivity contribution in [2.75, 3.05) is 19.0 Å². The highest BCUT2D eigenvalue weighted by molar-refractivity contribution is 7.92. The molecule has 0 bridgehead atoms. The molecule has 9 nitrogen and oxygen atoms in total. The average Bonchev–Trinajstić information content (AvgIpc) is 3.49. The second kappa shape index (κ2) is 10.1. The van der Waals surface area contributed by atoms with E-state index in [0.29, 0.717) is 18.6 Å². The monoisotopic (exact) mass is 474 g/mol. The van der Waals surface area contributed by atoms with Crippen molar-refractivity contribution in [2.24, 2.45) is 11.8 Å². The Labute approximate surface area is 196 Å². The number of aromatic nitrogens is 3. The van der Waals surface area contributed by atoms with Crippen LogP contribution in [0.25, 0.3) is 28.1 Å². The number of rotatable bonds is 8. The minimum atomic E-state index is 0. The summed E-state index contributed by atoms with van der Waals surface area (Å²) in [6.07, 6.45) is 4.92. The molecule has 3 heterocycles. The van der Waals surface area contributed by atoms with Crippen LogP contribution in [-0.2, 0) is 9.22 Å². The molecule has 0 amide bonds. The lowest BCUT2D eigenvalue weighted by Crippen LogP contribution is -2.19. The maximum atomic E-state index is 5.97. The van der Waals surface area contributed by atoms with Crippen LogP contribution in [0.4, 0.5) is 5.82 Å². The largest absolute Gasteiger partial charge is 0.454 e. The molecule has 0 saturated heterocycles. The minimum Gasteiger partial charge on any atom is -0.454 e. The zero-order chi connectivity index (χ0) is 21.2. The quantitative estimate of drug-likeness (QED) is 0.0973. The number of nitrogens with one attached hydrogen (secondary N) is 1. The fourth-order valence-electron chi connectivity index (χ4n) is 3.99. The fraction of sp³-hybridized carbons (Fsp3) is 0.333. The van der Waals surface area contributed by atoms with E-state index in [1.54, 1.807) is 13.2 Å². The van der Waals surface area contributed by atoms with Crippen molar-refractivity contribution in [1.29, 1.82) is 0 Å². The van der Waals surface area contributed by atoms with Crippen molar-refractivity contribution in [3.63, 3.8) is 0 Å². The molecule has 0 aliphatic heterocycles. The van der Waals surface area contributed by atoms with Gasteiger partial charge in [0, 0.05) is 30.7 Å². The molecule has 32 heavy (non-hydrogen) atoms. The third-order valence-electron chi connectivity index (χ3n) is 5.43. The Morgan fingerprint density at radius 2 is 2.16 bits per heavy atom. The van der Waals surface area contributed by atoms with Gasteiger partial charge in [0.1, 0.15) is 29.3 Å². The molecule has 11 heteroatoms. The van der Waals surface area contributed by atoms with Crippen molar-refractivity contribution in [1.82, 2.24) is 19.0 Å². The Hall–Kier alpha value is -2.28. The zero-order valence-corrected chi connectivity index (χ0v) is 19.4. The van der Waals surface area contributed by atoms with Crippen LogP contribution in [0.5, 0.6) is 0 Å². The van der Waals surface area contributed by atoms with E-state index < -0.39 is 0 Å². The van der Waals surface area contributed by atoms with Gasteiger partial charge in [-0.15, -0.1) is 4.33 Å². The first-order valence-corrected chi connectivity index (χ1v) is 10.9. The molecule has 0 radical (unpaired) electrons. The van der Waals surface area contributed by atoms with Crippen molar-refractivity contribution < 1.29 is 13.6 Å². The highest BCUT2D eigenvalue weighted by atomic mass is 32.2. The molecule has 5 rings (SSSR count). The number of nitrogens with two attached hydrogens (primary N) is 1. The van der Waals surface area contributed by atoms with E-state index in [1.165, 1.54) is 4.41 Å². The van der Waals surface area contributed by atoms with Gasteiger partial charge in [0.25, 0.3) is 0 Å². The van der Waals surface area contributed by atoms with Crippen molar-refractivity contribution in [3.8, 4) is 11.5 Å². The van der Waals surface area contributed by atoms with Crippen LogP contribution >= 0.6 is 25.7 Å². The van der Waals surface area contributed by atoms with Crippen LogP contribution in [0.15, 0.2) is 53.1 Å². The van der Waals surface area contributed by atoms with E-state index in [1.807, 2.05) is 47.0 Å². The number of hydrogen-bond acceptors (Lipinski definition) is 9. The number of para-hydroxylation sites is 1. The number of anilines is 1. The molecule has 3 aromatic heterocycles. The van der Waals surface area contributed by atoms with Gasteiger partial charge < -0.3 is 9.73 Å². The molecule has 1 saturated carbocycles. The van der Waals surface area contributed by atoms with Gasteiger partial charge in [0.15, 0.2) is 11.4 Å². The molecule has 1 aromatic carbocycles. The fourth-order valence-corrected chi connectivity index (χ4v) is 4.19. The molecular weight excluding hydrogens is 448 g/mol. The van der Waals surface area contributed by atoms with Gasteiger partial charge in [0.05, 0.1) is 6.61 Å². The minimum absolute atomic E-state index is 0. The molecule has 1 aliphatic rings. The van der Waals surface area contributed by atoms with Crippen molar-refractivity contribution in [2.45, 2.75) is 25.3 Å². The summed E-state index contributed by atoms with van der Waals surface area (Å²) >= 11 is 0.968. The molecule has 1 fully saturated rings. The van der Waals surface area contributed by atoms with E-state index in [9.17, 15) is 0 Å². The van der Waals surface area contributed by atoms with E-state index in [4.69, 9.17) is 24.6 Å². The first-order valence-electron chi connectivity index (χ1n) is 10.2. The van der Waals surface area contributed by atoms with Gasteiger partial charge in [-0.05, 0) is 43.4 Å². The standard InChI is InChI=1S/C21H24N6O3S.H2S/c1-26(22)31-30-28-13-14-6-7-16(10-14)24-20-8-9-23-21-12-17(25-27(20)21)19-11-15-4-2-3-5-18(15)29-19;/h2-5,8-9,11-12,14,16,24H,6-7,10,13,22H2,1H3;1H2. The first kappa shape index (κ1) is 22.9. The normalized spacial score (nSPS) is 18.5. The Morgan fingerprint density at radius 1 is 1.28 bits per heavy atom. The summed E-state index contributed by atoms with van der Waals surface area (Å²) in [5.74, 6) is 7.54. The summed E-state index contributed by atoms with van der Waals surface area (Å²) in [6, 6.07) is 14.2. The number of fused-ring (bicyclic) bond motifs is 2. The second-order valence-electron chi connectivity index (χ2n) is 7.77. The second-order valence-corrected chi connectivity index (χ2v) is 8.63. The Kier molecular flexibility index (Phi) is 7.23. The smallest absolute Gasteiger partial charge is 0.158 e.